The van der Waals surface area contributed by atoms with Gasteiger partial charge in [-0.25, -0.2) is 0 Å². The van der Waals surface area contributed by atoms with Gasteiger partial charge in [0.1, 0.15) is 11.8 Å². The largest absolute Gasteiger partial charge is 0.483 e. The quantitative estimate of drug-likeness (QED) is 0.410. The summed E-state index contributed by atoms with van der Waals surface area (Å²) in [6.45, 7) is 10.4. The van der Waals surface area contributed by atoms with E-state index in [1.54, 1.807) is 4.90 Å². The molecule has 2 amide bonds. The predicted molar refractivity (Wildman–Crippen MR) is 145 cm³/mol. The van der Waals surface area contributed by atoms with Gasteiger partial charge >= 0.3 is 0 Å². The van der Waals surface area contributed by atoms with E-state index in [4.69, 9.17) is 4.74 Å². The normalized spacial score (nSPS) is 12.2. The van der Waals surface area contributed by atoms with Gasteiger partial charge in [-0.15, -0.1) is 0 Å². The first-order chi connectivity index (χ1) is 17.1. The van der Waals surface area contributed by atoms with Crippen molar-refractivity contribution in [3.63, 3.8) is 0 Å². The molecule has 3 rings (SSSR count). The number of amides is 2. The zero-order valence-corrected chi connectivity index (χ0v) is 22.0. The number of nitrogens with one attached hydrogen (secondary N) is 1. The predicted octanol–water partition coefficient (Wildman–Crippen LogP) is 5.53. The highest BCUT2D eigenvalue weighted by molar-refractivity contribution is 5.88. The molecule has 0 aliphatic rings. The third-order valence-corrected chi connectivity index (χ3v) is 5.94. The number of hydrogen-bond acceptors (Lipinski definition) is 3. The second kappa shape index (κ2) is 12.4. The van der Waals surface area contributed by atoms with Crippen LogP contribution in [0.4, 0.5) is 0 Å². The van der Waals surface area contributed by atoms with Crippen LogP contribution in [0.15, 0.2) is 84.9 Å². The van der Waals surface area contributed by atoms with E-state index < -0.39 is 6.04 Å². The number of hydrogen-bond donors (Lipinski definition) is 1. The topological polar surface area (TPSA) is 58.6 Å². The zero-order chi connectivity index (χ0) is 26.1. The minimum atomic E-state index is -0.677. The molecule has 0 aliphatic carbocycles. The first-order valence-electron chi connectivity index (χ1n) is 12.5. The molecule has 5 heteroatoms. The Kier molecular flexibility index (Phi) is 9.29. The molecule has 0 radical (unpaired) electrons. The van der Waals surface area contributed by atoms with E-state index in [-0.39, 0.29) is 29.9 Å². The number of carbonyl (C=O) groups excluding carboxylic acids is 2. The maximum Gasteiger partial charge on any atom is 0.261 e. The van der Waals surface area contributed by atoms with E-state index in [0.717, 1.165) is 16.7 Å². The van der Waals surface area contributed by atoms with Crippen LogP contribution in [0, 0.1) is 0 Å². The smallest absolute Gasteiger partial charge is 0.261 e. The van der Waals surface area contributed by atoms with Gasteiger partial charge in [0.05, 0.1) is 0 Å². The second-order valence-electron chi connectivity index (χ2n) is 10.4. The van der Waals surface area contributed by atoms with Gasteiger partial charge in [-0.1, -0.05) is 99.6 Å². The molecule has 0 fully saturated rings. The highest BCUT2D eigenvalue weighted by Crippen LogP contribution is 2.31. The number of carbonyl (C=O) groups is 2. The molecule has 0 bridgehead atoms. The molecule has 3 aromatic rings. The third kappa shape index (κ3) is 7.70. The van der Waals surface area contributed by atoms with Crippen molar-refractivity contribution in [2.24, 2.45) is 0 Å². The lowest BCUT2D eigenvalue weighted by molar-refractivity contribution is -0.143. The van der Waals surface area contributed by atoms with Crippen LogP contribution >= 0.6 is 0 Å². The molecule has 0 spiro atoms. The van der Waals surface area contributed by atoms with Crippen LogP contribution in [0.5, 0.6) is 5.75 Å². The summed E-state index contributed by atoms with van der Waals surface area (Å²) in [6.07, 6.45) is 0.413. The highest BCUT2D eigenvalue weighted by Gasteiger charge is 2.31. The summed E-state index contributed by atoms with van der Waals surface area (Å²) < 4.78 is 6.08. The number of ether oxygens (including phenoxy) is 1. The van der Waals surface area contributed by atoms with E-state index in [1.807, 2.05) is 98.8 Å². The molecule has 0 heterocycles. The zero-order valence-electron chi connectivity index (χ0n) is 22.0. The SMILES string of the molecule is CC(C)NC(=O)C(Cc1ccccc1)N(Cc1ccccc1)C(=O)COc1ccccc1C(C)(C)C. The minimum Gasteiger partial charge on any atom is -0.483 e. The van der Waals surface area contributed by atoms with Gasteiger partial charge in [0, 0.05) is 19.0 Å². The van der Waals surface area contributed by atoms with Gasteiger partial charge in [-0.2, -0.15) is 0 Å². The van der Waals surface area contributed by atoms with Crippen LogP contribution in [-0.4, -0.2) is 35.4 Å². The van der Waals surface area contributed by atoms with Gasteiger partial charge in [-0.3, -0.25) is 9.59 Å². The fraction of sp³-hybridized carbons (Fsp3) is 0.355. The number of benzene rings is 3. The van der Waals surface area contributed by atoms with Gasteiger partial charge in [-0.05, 0) is 42.0 Å². The standard InChI is InChI=1S/C31H38N2O3/c1-23(2)32-30(35)27(20-24-14-8-6-9-15-24)33(21-25-16-10-7-11-17-25)29(34)22-36-28-19-13-12-18-26(28)31(3,4)5/h6-19,23,27H,20-22H2,1-5H3,(H,32,35). The molecule has 5 nitrogen and oxygen atoms in total. The number of rotatable bonds is 10. The first kappa shape index (κ1) is 27.0. The molecule has 0 saturated heterocycles. The van der Waals surface area contributed by atoms with Gasteiger partial charge in [0.25, 0.3) is 5.91 Å². The van der Waals surface area contributed by atoms with Crippen molar-refractivity contribution in [2.75, 3.05) is 6.61 Å². The van der Waals surface area contributed by atoms with E-state index in [0.29, 0.717) is 18.7 Å². The van der Waals surface area contributed by atoms with E-state index in [2.05, 4.69) is 26.1 Å². The van der Waals surface area contributed by atoms with Crippen LogP contribution in [0.1, 0.15) is 51.3 Å². The first-order valence-corrected chi connectivity index (χ1v) is 12.5. The summed E-state index contributed by atoms with van der Waals surface area (Å²) >= 11 is 0. The Morgan fingerprint density at radius 2 is 1.39 bits per heavy atom. The molecule has 0 saturated carbocycles. The highest BCUT2D eigenvalue weighted by atomic mass is 16.5. The summed E-state index contributed by atoms with van der Waals surface area (Å²) in [4.78, 5) is 28.8. The summed E-state index contributed by atoms with van der Waals surface area (Å²) in [5.41, 5.74) is 2.85. The Morgan fingerprint density at radius 1 is 0.833 bits per heavy atom. The molecule has 0 aromatic heterocycles. The number of para-hydroxylation sites is 1. The summed E-state index contributed by atoms with van der Waals surface area (Å²) in [5, 5.41) is 3.01. The molecule has 36 heavy (non-hydrogen) atoms. The molecule has 1 atom stereocenters. The van der Waals surface area contributed by atoms with Crippen LogP contribution in [-0.2, 0) is 28.0 Å². The van der Waals surface area contributed by atoms with Crippen molar-refractivity contribution in [1.29, 1.82) is 0 Å². The lowest BCUT2D eigenvalue weighted by atomic mass is 9.86. The molecular formula is C31H38N2O3. The Morgan fingerprint density at radius 3 is 1.97 bits per heavy atom. The van der Waals surface area contributed by atoms with Crippen molar-refractivity contribution in [1.82, 2.24) is 10.2 Å². The van der Waals surface area contributed by atoms with E-state index >= 15 is 0 Å². The Labute approximate surface area is 215 Å². The lowest BCUT2D eigenvalue weighted by Crippen LogP contribution is -2.52. The van der Waals surface area contributed by atoms with Crippen LogP contribution in [0.3, 0.4) is 0 Å². The van der Waals surface area contributed by atoms with Crippen molar-refractivity contribution in [2.45, 2.75) is 65.1 Å². The summed E-state index contributed by atoms with van der Waals surface area (Å²) in [6, 6.07) is 26.6. The fourth-order valence-corrected chi connectivity index (χ4v) is 4.15. The van der Waals surface area contributed by atoms with Crippen molar-refractivity contribution < 1.29 is 14.3 Å². The van der Waals surface area contributed by atoms with E-state index in [9.17, 15) is 9.59 Å². The van der Waals surface area contributed by atoms with E-state index in [1.165, 1.54) is 0 Å². The Bertz CT molecular complexity index is 1120. The summed E-state index contributed by atoms with van der Waals surface area (Å²) in [5.74, 6) is 0.278. The molecule has 190 valence electrons. The second-order valence-corrected chi connectivity index (χ2v) is 10.4. The maximum absolute atomic E-state index is 13.7. The van der Waals surface area contributed by atoms with Crippen LogP contribution < -0.4 is 10.1 Å². The minimum absolute atomic E-state index is 0.0423. The Balaban J connectivity index is 1.92. The molecule has 1 N–H and O–H groups in total. The molecule has 1 unspecified atom stereocenters. The third-order valence-electron chi connectivity index (χ3n) is 5.94. The van der Waals surface area contributed by atoms with Gasteiger partial charge in [0.2, 0.25) is 5.91 Å². The molecular weight excluding hydrogens is 448 g/mol. The van der Waals surface area contributed by atoms with Crippen molar-refractivity contribution >= 4 is 11.8 Å². The molecule has 3 aromatic carbocycles. The average molecular weight is 487 g/mol. The maximum atomic E-state index is 13.7. The number of nitrogens with zero attached hydrogens (tertiary/aromatic N) is 1. The molecule has 0 aliphatic heterocycles. The van der Waals surface area contributed by atoms with Crippen molar-refractivity contribution in [3.8, 4) is 5.75 Å². The monoisotopic (exact) mass is 486 g/mol. The average Bonchev–Trinajstić information content (AvgIpc) is 2.85. The van der Waals surface area contributed by atoms with Crippen LogP contribution in [0.25, 0.3) is 0 Å². The van der Waals surface area contributed by atoms with Gasteiger partial charge < -0.3 is 15.0 Å². The van der Waals surface area contributed by atoms with Gasteiger partial charge in [0.15, 0.2) is 6.61 Å². The summed E-state index contributed by atoms with van der Waals surface area (Å²) in [7, 11) is 0. The lowest BCUT2D eigenvalue weighted by Gasteiger charge is -2.32. The van der Waals surface area contributed by atoms with Crippen LogP contribution in [0.2, 0.25) is 0 Å². The van der Waals surface area contributed by atoms with Crippen molar-refractivity contribution in [3.05, 3.63) is 102 Å². The fourth-order valence-electron chi connectivity index (χ4n) is 4.15. The Hall–Kier alpha value is -3.60.